The van der Waals surface area contributed by atoms with Crippen LogP contribution in [0.2, 0.25) is 0 Å². The van der Waals surface area contributed by atoms with Crippen LogP contribution in [0.4, 0.5) is 0 Å². The molecule has 0 aromatic rings. The summed E-state index contributed by atoms with van der Waals surface area (Å²) in [5, 5.41) is 0. The van der Waals surface area contributed by atoms with Crippen molar-refractivity contribution in [2.24, 2.45) is 5.92 Å². The van der Waals surface area contributed by atoms with Crippen LogP contribution in [0.15, 0.2) is 0 Å². The maximum Gasteiger partial charge on any atom is 0.123 e. The number of rotatable bonds is 1. The van der Waals surface area contributed by atoms with Gasteiger partial charge in [-0.25, -0.2) is 0 Å². The summed E-state index contributed by atoms with van der Waals surface area (Å²) in [5.41, 5.74) is 0. The van der Waals surface area contributed by atoms with Gasteiger partial charge >= 0.3 is 0 Å². The van der Waals surface area contributed by atoms with Crippen molar-refractivity contribution in [2.45, 2.75) is 32.1 Å². The van der Waals surface area contributed by atoms with Gasteiger partial charge in [-0.15, -0.1) is 0 Å². The van der Waals surface area contributed by atoms with E-state index < -0.39 is 0 Å². The van der Waals surface area contributed by atoms with E-state index in [2.05, 4.69) is 0 Å². The van der Waals surface area contributed by atoms with E-state index in [4.69, 9.17) is 0 Å². The molecule has 0 aromatic heterocycles. The summed E-state index contributed by atoms with van der Waals surface area (Å²) in [6.07, 6.45) is 7.27. The minimum Gasteiger partial charge on any atom is -0.412 e. The molecule has 54 valence electrons. The van der Waals surface area contributed by atoms with Gasteiger partial charge in [-0.05, 0) is 12.8 Å². The minimum absolute atomic E-state index is 0. The second-order valence-corrected chi connectivity index (χ2v) is 2.53. The average molecular weight is 130 g/mol. The first-order valence-corrected chi connectivity index (χ1v) is 3.39. The Balaban J connectivity index is 0.000000640. The van der Waals surface area contributed by atoms with Crippen molar-refractivity contribution in [1.29, 1.82) is 0 Å². The van der Waals surface area contributed by atoms with Crippen LogP contribution in [0.25, 0.3) is 0 Å². The Bertz CT molecular complexity index is 75.0. The number of aldehydes is 1. The first kappa shape index (κ1) is 8.63. The van der Waals surface area contributed by atoms with Crippen LogP contribution < -0.4 is 0 Å². The molecule has 1 aliphatic rings. The highest BCUT2D eigenvalue weighted by atomic mass is 16.1. The van der Waals surface area contributed by atoms with Crippen molar-refractivity contribution in [2.75, 3.05) is 0 Å². The summed E-state index contributed by atoms with van der Waals surface area (Å²) in [7, 11) is 0. The molecule has 1 rings (SSSR count). The fourth-order valence-electron chi connectivity index (χ4n) is 1.27. The second kappa shape index (κ2) is 4.50. The number of hydrogen-bond acceptors (Lipinski definition) is 1. The van der Waals surface area contributed by atoms with Gasteiger partial charge in [0.15, 0.2) is 0 Å². The van der Waals surface area contributed by atoms with Crippen LogP contribution in [0.1, 0.15) is 32.1 Å². The molecule has 0 aliphatic heterocycles. The van der Waals surface area contributed by atoms with Gasteiger partial charge in [0.25, 0.3) is 0 Å². The van der Waals surface area contributed by atoms with Crippen molar-refractivity contribution in [1.82, 2.24) is 0 Å². The Kier molecular flexibility index (Phi) is 4.32. The largest absolute Gasteiger partial charge is 0.412 e. The predicted molar refractivity (Wildman–Crippen MR) is 36.3 cm³/mol. The van der Waals surface area contributed by atoms with Crippen LogP contribution in [0.5, 0.6) is 0 Å². The van der Waals surface area contributed by atoms with Gasteiger partial charge in [0, 0.05) is 5.92 Å². The van der Waals surface area contributed by atoms with E-state index in [-0.39, 0.29) is 5.48 Å². The van der Waals surface area contributed by atoms with Crippen LogP contribution in [-0.2, 0) is 4.79 Å². The van der Waals surface area contributed by atoms with Gasteiger partial charge < -0.3 is 10.3 Å². The molecule has 0 bridgehead atoms. The van der Waals surface area contributed by atoms with E-state index in [1.807, 2.05) is 0 Å². The summed E-state index contributed by atoms with van der Waals surface area (Å²) in [6.45, 7) is 0. The lowest BCUT2D eigenvalue weighted by Gasteiger charge is -2.14. The van der Waals surface area contributed by atoms with Gasteiger partial charge in [0.1, 0.15) is 6.29 Å². The number of hydrogen-bond donors (Lipinski definition) is 0. The zero-order chi connectivity index (χ0) is 5.82. The molecule has 2 heteroatoms. The maximum atomic E-state index is 10.2. The summed E-state index contributed by atoms with van der Waals surface area (Å²) < 4.78 is 0. The predicted octanol–water partition coefficient (Wildman–Crippen LogP) is 0.941. The van der Waals surface area contributed by atoms with E-state index in [1.165, 1.54) is 19.3 Å². The minimum atomic E-state index is 0. The molecule has 0 radical (unpaired) electrons. The number of carbonyl (C=O) groups is 1. The molecule has 0 unspecified atom stereocenters. The maximum absolute atomic E-state index is 10.2. The van der Waals surface area contributed by atoms with E-state index in [9.17, 15) is 4.79 Å². The van der Waals surface area contributed by atoms with Gasteiger partial charge in [-0.3, -0.25) is 0 Å². The molecule has 1 saturated carbocycles. The third kappa shape index (κ3) is 2.61. The normalized spacial score (nSPS) is 20.4. The average Bonchev–Trinajstić information content (AvgIpc) is 1.90. The Morgan fingerprint density at radius 2 is 1.67 bits per heavy atom. The fourth-order valence-corrected chi connectivity index (χ4v) is 1.27. The molecule has 0 atom stereocenters. The second-order valence-electron chi connectivity index (χ2n) is 2.53. The van der Waals surface area contributed by atoms with Gasteiger partial charge in [-0.2, -0.15) is 0 Å². The molecule has 0 saturated heterocycles. The summed E-state index contributed by atoms with van der Waals surface area (Å²) in [6, 6.07) is 0. The SMILES string of the molecule is O.O=CC1CCCCC1. The lowest BCUT2D eigenvalue weighted by molar-refractivity contribution is -0.111. The van der Waals surface area contributed by atoms with Gasteiger partial charge in [0.2, 0.25) is 0 Å². The van der Waals surface area contributed by atoms with Crippen molar-refractivity contribution in [3.05, 3.63) is 0 Å². The summed E-state index contributed by atoms with van der Waals surface area (Å²) in [4.78, 5) is 10.2. The molecule has 0 heterocycles. The quantitative estimate of drug-likeness (QED) is 0.487. The molecule has 0 spiro atoms. The third-order valence-corrected chi connectivity index (χ3v) is 1.84. The highest BCUT2D eigenvalue weighted by molar-refractivity contribution is 5.53. The molecule has 1 aliphatic carbocycles. The molecular weight excluding hydrogens is 116 g/mol. The first-order valence-electron chi connectivity index (χ1n) is 3.39. The van der Waals surface area contributed by atoms with E-state index >= 15 is 0 Å². The smallest absolute Gasteiger partial charge is 0.123 e. The Hall–Kier alpha value is -0.370. The molecule has 9 heavy (non-hydrogen) atoms. The lowest BCUT2D eigenvalue weighted by Crippen LogP contribution is -2.06. The summed E-state index contributed by atoms with van der Waals surface area (Å²) in [5.74, 6) is 0.406. The monoisotopic (exact) mass is 130 g/mol. The lowest BCUT2D eigenvalue weighted by atomic mass is 9.91. The van der Waals surface area contributed by atoms with E-state index in [1.54, 1.807) is 0 Å². The highest BCUT2D eigenvalue weighted by Crippen LogP contribution is 2.21. The molecule has 2 nitrogen and oxygen atoms in total. The number of carbonyl (C=O) groups excluding carboxylic acids is 1. The van der Waals surface area contributed by atoms with Crippen LogP contribution in [-0.4, -0.2) is 11.8 Å². The molecule has 0 amide bonds. The van der Waals surface area contributed by atoms with E-state index in [0.717, 1.165) is 19.1 Å². The fraction of sp³-hybridized carbons (Fsp3) is 0.857. The van der Waals surface area contributed by atoms with Crippen molar-refractivity contribution in [3.63, 3.8) is 0 Å². The Labute approximate surface area is 55.6 Å². The van der Waals surface area contributed by atoms with Crippen LogP contribution >= 0.6 is 0 Å². The van der Waals surface area contributed by atoms with E-state index in [0.29, 0.717) is 5.92 Å². The molecule has 0 aromatic carbocycles. The Morgan fingerprint density at radius 1 is 1.11 bits per heavy atom. The highest BCUT2D eigenvalue weighted by Gasteiger charge is 2.10. The van der Waals surface area contributed by atoms with Crippen LogP contribution in [0, 0.1) is 5.92 Å². The molecule has 2 N–H and O–H groups in total. The Morgan fingerprint density at radius 3 is 2.00 bits per heavy atom. The van der Waals surface area contributed by atoms with Crippen molar-refractivity contribution >= 4 is 6.29 Å². The van der Waals surface area contributed by atoms with Gasteiger partial charge in [-0.1, -0.05) is 19.3 Å². The standard InChI is InChI=1S/C7H12O.H2O/c8-6-7-4-2-1-3-5-7;/h6-7H,1-5H2;1H2. The molecular formula is C7H14O2. The van der Waals surface area contributed by atoms with Crippen molar-refractivity contribution in [3.8, 4) is 0 Å². The zero-order valence-corrected chi connectivity index (χ0v) is 5.60. The van der Waals surface area contributed by atoms with Crippen molar-refractivity contribution < 1.29 is 10.3 Å². The van der Waals surface area contributed by atoms with Gasteiger partial charge in [0.05, 0.1) is 0 Å². The zero-order valence-electron chi connectivity index (χ0n) is 5.60. The topological polar surface area (TPSA) is 48.6 Å². The third-order valence-electron chi connectivity index (χ3n) is 1.84. The molecule has 1 fully saturated rings. The van der Waals surface area contributed by atoms with Crippen LogP contribution in [0.3, 0.4) is 0 Å². The summed E-state index contributed by atoms with van der Waals surface area (Å²) >= 11 is 0. The first-order chi connectivity index (χ1) is 3.93.